The molecule has 4 rings (SSSR count). The third kappa shape index (κ3) is 2.72. The van der Waals surface area contributed by atoms with E-state index in [4.69, 9.17) is 4.74 Å². The molecule has 4 nitrogen and oxygen atoms in total. The summed E-state index contributed by atoms with van der Waals surface area (Å²) < 4.78 is 6.10. The normalized spacial score (nSPS) is 24.2. The number of Topliss-reactive ketones (excluding diaryl/α,β-unsaturated/α-hetero) is 1. The van der Waals surface area contributed by atoms with Crippen molar-refractivity contribution in [3.8, 4) is 11.8 Å². The number of nitrogens with one attached hydrogen (secondary N) is 1. The van der Waals surface area contributed by atoms with Crippen LogP contribution in [-0.2, 0) is 11.2 Å². The number of dihydropyridines is 1. The molecule has 1 aliphatic carbocycles. The maximum absolute atomic E-state index is 12.7. The average Bonchev–Trinajstić information content (AvgIpc) is 2.59. The van der Waals surface area contributed by atoms with E-state index < -0.39 is 0 Å². The van der Waals surface area contributed by atoms with Gasteiger partial charge < -0.3 is 10.1 Å². The third-order valence-electron chi connectivity index (χ3n) is 5.70. The van der Waals surface area contributed by atoms with Crippen molar-refractivity contribution in [2.24, 2.45) is 0 Å². The molecule has 0 radical (unpaired) electrons. The van der Waals surface area contributed by atoms with Crippen molar-refractivity contribution in [2.75, 3.05) is 0 Å². The maximum Gasteiger partial charge on any atom is 0.161 e. The number of hydrogen-bond donors (Lipinski definition) is 1. The van der Waals surface area contributed by atoms with Crippen molar-refractivity contribution in [1.82, 2.24) is 5.32 Å². The Bertz CT molecular complexity index is 899. The van der Waals surface area contributed by atoms with Gasteiger partial charge in [0.1, 0.15) is 11.4 Å². The summed E-state index contributed by atoms with van der Waals surface area (Å²) in [5.74, 6) is 0.825. The molecular weight excluding hydrogens is 324 g/mol. The van der Waals surface area contributed by atoms with Crippen molar-refractivity contribution in [3.05, 3.63) is 51.9 Å². The Morgan fingerprint density at radius 1 is 1.27 bits per heavy atom. The van der Waals surface area contributed by atoms with Gasteiger partial charge in [0.05, 0.1) is 17.6 Å². The average molecular weight is 348 g/mol. The number of nitriles is 1. The van der Waals surface area contributed by atoms with Crippen molar-refractivity contribution < 1.29 is 9.53 Å². The molecule has 1 aromatic rings. The van der Waals surface area contributed by atoms with E-state index in [1.54, 1.807) is 0 Å². The van der Waals surface area contributed by atoms with E-state index in [9.17, 15) is 10.1 Å². The van der Waals surface area contributed by atoms with Crippen molar-refractivity contribution in [1.29, 1.82) is 5.26 Å². The number of aryl methyl sites for hydroxylation is 1. The van der Waals surface area contributed by atoms with Crippen LogP contribution >= 0.6 is 0 Å². The molecule has 1 unspecified atom stereocenters. The lowest BCUT2D eigenvalue weighted by Crippen LogP contribution is -2.33. The number of nitrogens with zero attached hydrogens (tertiary/aromatic N) is 1. The predicted octanol–water partition coefficient (Wildman–Crippen LogP) is 4.28. The number of carbonyl (C=O) groups is 1. The molecule has 2 heterocycles. The first-order chi connectivity index (χ1) is 12.4. The highest BCUT2D eigenvalue weighted by Gasteiger charge is 2.36. The van der Waals surface area contributed by atoms with Crippen molar-refractivity contribution >= 4 is 5.78 Å². The Kier molecular flexibility index (Phi) is 3.91. The topological polar surface area (TPSA) is 62.1 Å². The minimum absolute atomic E-state index is 0.146. The lowest BCUT2D eigenvalue weighted by atomic mass is 9.75. The van der Waals surface area contributed by atoms with Gasteiger partial charge in [-0.05, 0) is 63.6 Å². The predicted molar refractivity (Wildman–Crippen MR) is 99.5 cm³/mol. The summed E-state index contributed by atoms with van der Waals surface area (Å²) in [7, 11) is 0. The lowest BCUT2D eigenvalue weighted by Gasteiger charge is -2.35. The molecule has 0 aromatic heterocycles. The number of hydrogen-bond acceptors (Lipinski definition) is 4. The fraction of sp³-hybridized carbons (Fsp3) is 0.455. The van der Waals surface area contributed by atoms with E-state index >= 15 is 0 Å². The first-order valence-electron chi connectivity index (χ1n) is 9.35. The number of ether oxygens (including phenoxy) is 1. The van der Waals surface area contributed by atoms with Crippen LogP contribution in [0.2, 0.25) is 0 Å². The molecule has 0 spiro atoms. The first-order valence-corrected chi connectivity index (χ1v) is 9.35. The lowest BCUT2D eigenvalue weighted by molar-refractivity contribution is -0.116. The van der Waals surface area contributed by atoms with E-state index in [1.165, 1.54) is 5.56 Å². The second kappa shape index (κ2) is 6.02. The van der Waals surface area contributed by atoms with Gasteiger partial charge in [0, 0.05) is 23.4 Å². The number of rotatable bonds is 1. The molecule has 3 aliphatic rings. The smallest absolute Gasteiger partial charge is 0.161 e. The van der Waals surface area contributed by atoms with Crippen LogP contribution in [0.15, 0.2) is 40.7 Å². The van der Waals surface area contributed by atoms with Gasteiger partial charge in [-0.25, -0.2) is 0 Å². The summed E-state index contributed by atoms with van der Waals surface area (Å²) in [6.45, 7) is 6.14. The van der Waals surface area contributed by atoms with Gasteiger partial charge >= 0.3 is 0 Å². The van der Waals surface area contributed by atoms with Gasteiger partial charge in [0.15, 0.2) is 5.78 Å². The molecule has 1 atom stereocenters. The zero-order valence-electron chi connectivity index (χ0n) is 15.6. The highest BCUT2D eigenvalue weighted by atomic mass is 16.5. The summed E-state index contributed by atoms with van der Waals surface area (Å²) in [6.07, 6.45) is 4.22. The summed E-state index contributed by atoms with van der Waals surface area (Å²) >= 11 is 0. The molecule has 0 amide bonds. The molecule has 1 aromatic carbocycles. The van der Waals surface area contributed by atoms with Crippen LogP contribution in [-0.4, -0.2) is 11.4 Å². The van der Waals surface area contributed by atoms with E-state index in [1.807, 2.05) is 19.1 Å². The molecule has 134 valence electrons. The summed E-state index contributed by atoms with van der Waals surface area (Å²) in [5, 5.41) is 13.1. The highest BCUT2D eigenvalue weighted by molar-refractivity contribution is 5.99. The number of allylic oxidation sites excluding steroid dienone is 4. The molecule has 0 bridgehead atoms. The number of ketones is 1. The summed E-state index contributed by atoms with van der Waals surface area (Å²) in [5.41, 5.74) is 5.34. The monoisotopic (exact) mass is 348 g/mol. The van der Waals surface area contributed by atoms with Gasteiger partial charge in [-0.3, -0.25) is 4.79 Å². The second-order valence-corrected chi connectivity index (χ2v) is 8.11. The SMILES string of the molecule is CC1=C(C#N)C(c2ccc3c(c2)CCC(C)(C)O3)C2=C(CCCC2=O)N1. The van der Waals surface area contributed by atoms with Crippen LogP contribution in [0, 0.1) is 11.3 Å². The van der Waals surface area contributed by atoms with E-state index in [0.717, 1.165) is 54.0 Å². The Labute approximate surface area is 154 Å². The van der Waals surface area contributed by atoms with Crippen LogP contribution < -0.4 is 10.1 Å². The summed E-state index contributed by atoms with van der Waals surface area (Å²) in [4.78, 5) is 12.7. The number of carbonyl (C=O) groups excluding carboxylic acids is 1. The van der Waals surface area contributed by atoms with Gasteiger partial charge in [0.2, 0.25) is 0 Å². The van der Waals surface area contributed by atoms with Crippen LogP contribution in [0.1, 0.15) is 63.5 Å². The molecule has 0 fully saturated rings. The van der Waals surface area contributed by atoms with Gasteiger partial charge in [-0.15, -0.1) is 0 Å². The molecule has 2 aliphatic heterocycles. The highest BCUT2D eigenvalue weighted by Crippen LogP contribution is 2.43. The Hall–Kier alpha value is -2.54. The van der Waals surface area contributed by atoms with Crippen LogP contribution in [0.25, 0.3) is 0 Å². The van der Waals surface area contributed by atoms with Crippen LogP contribution in [0.4, 0.5) is 0 Å². The molecular formula is C22H24N2O2. The zero-order chi connectivity index (χ0) is 18.5. The third-order valence-corrected chi connectivity index (χ3v) is 5.70. The van der Waals surface area contributed by atoms with Gasteiger partial charge in [-0.1, -0.05) is 12.1 Å². The fourth-order valence-electron chi connectivity index (χ4n) is 4.32. The maximum atomic E-state index is 12.7. The molecule has 0 saturated heterocycles. The Balaban J connectivity index is 1.82. The largest absolute Gasteiger partial charge is 0.488 e. The van der Waals surface area contributed by atoms with Crippen LogP contribution in [0.5, 0.6) is 5.75 Å². The Morgan fingerprint density at radius 3 is 2.85 bits per heavy atom. The quantitative estimate of drug-likeness (QED) is 0.823. The second-order valence-electron chi connectivity index (χ2n) is 8.11. The van der Waals surface area contributed by atoms with Crippen molar-refractivity contribution in [2.45, 2.75) is 64.4 Å². The standard InChI is InChI=1S/C22H24N2O2/c1-13-16(12-23)20(21-17(24-13)5-4-6-18(21)25)15-7-8-19-14(11-15)9-10-22(2,3)26-19/h7-8,11,20,24H,4-6,9-10H2,1-3H3. The van der Waals surface area contributed by atoms with E-state index in [0.29, 0.717) is 12.0 Å². The first kappa shape index (κ1) is 16.9. The summed E-state index contributed by atoms with van der Waals surface area (Å²) in [6, 6.07) is 8.51. The van der Waals surface area contributed by atoms with Gasteiger partial charge in [-0.2, -0.15) is 5.26 Å². The number of benzene rings is 1. The van der Waals surface area contributed by atoms with Gasteiger partial charge in [0.25, 0.3) is 0 Å². The van der Waals surface area contributed by atoms with E-state index in [2.05, 4.69) is 31.3 Å². The van der Waals surface area contributed by atoms with Crippen LogP contribution in [0.3, 0.4) is 0 Å². The van der Waals surface area contributed by atoms with E-state index in [-0.39, 0.29) is 17.3 Å². The minimum atomic E-state index is -0.260. The molecule has 1 N–H and O–H groups in total. The number of fused-ring (bicyclic) bond motifs is 1. The molecule has 26 heavy (non-hydrogen) atoms. The fourth-order valence-corrected chi connectivity index (χ4v) is 4.32. The molecule has 0 saturated carbocycles. The zero-order valence-corrected chi connectivity index (χ0v) is 15.6. The van der Waals surface area contributed by atoms with Crippen molar-refractivity contribution in [3.63, 3.8) is 0 Å². The molecule has 4 heteroatoms. The minimum Gasteiger partial charge on any atom is -0.488 e. The Morgan fingerprint density at radius 2 is 2.08 bits per heavy atom.